The number of rotatable bonds is 6. The Hall–Kier alpha value is -5.20. The van der Waals surface area contributed by atoms with E-state index in [1.54, 1.807) is 0 Å². The van der Waals surface area contributed by atoms with Gasteiger partial charge in [0.2, 0.25) is 0 Å². The molecule has 0 unspecified atom stereocenters. The zero-order valence-electron chi connectivity index (χ0n) is 17.1. The van der Waals surface area contributed by atoms with Crippen molar-refractivity contribution in [2.45, 2.75) is 0 Å². The van der Waals surface area contributed by atoms with E-state index in [1.165, 1.54) is 0 Å². The minimum Gasteiger partial charge on any atom is -0.497 e. The Morgan fingerprint density at radius 1 is 0.432 bits per heavy atom. The number of phenolic OH excluding ortho intramolecular Hbond substituents is 2. The Kier molecular flexibility index (Phi) is 18.7. The van der Waals surface area contributed by atoms with E-state index in [-0.39, 0.29) is 39.0 Å². The number of phenols is 2. The second-order valence-corrected chi connectivity index (χ2v) is 5.21. The van der Waals surface area contributed by atoms with Crippen LogP contribution in [-0.2, 0) is 17.1 Å². The summed E-state index contributed by atoms with van der Waals surface area (Å²) in [5, 5.41) is 80.4. The normalized spacial score (nSPS) is 8.43. The van der Waals surface area contributed by atoms with E-state index in [0.717, 1.165) is 0 Å². The van der Waals surface area contributed by atoms with Crippen molar-refractivity contribution in [2.24, 2.45) is 0 Å². The van der Waals surface area contributed by atoms with Crippen molar-refractivity contribution in [3.63, 3.8) is 0 Å². The summed E-state index contributed by atoms with van der Waals surface area (Å²) >= 11 is 0. The summed E-state index contributed by atoms with van der Waals surface area (Å²) in [7, 11) is 0. The molecule has 10 N–H and O–H groups in total. The van der Waals surface area contributed by atoms with Crippen molar-refractivity contribution in [3.8, 4) is 11.5 Å². The molecule has 0 saturated heterocycles. The van der Waals surface area contributed by atoms with Crippen molar-refractivity contribution in [1.82, 2.24) is 0 Å². The molecule has 2 aromatic carbocycles. The molecule has 0 bridgehead atoms. The molecule has 0 aromatic heterocycles. The fourth-order valence-electron chi connectivity index (χ4n) is 1.95. The summed E-state index contributed by atoms with van der Waals surface area (Å²) in [4.78, 5) is 55.5. The van der Waals surface area contributed by atoms with E-state index in [1.807, 2.05) is 0 Å². The van der Waals surface area contributed by atoms with Crippen LogP contribution >= 0.6 is 0 Å². The third kappa shape index (κ3) is 9.90. The third-order valence-corrected chi connectivity index (χ3v) is 3.32. The molecular weight excluding hydrogens is 580 g/mol. The minimum absolute atomic E-state index is 0. The van der Waals surface area contributed by atoms with Crippen molar-refractivity contribution in [2.75, 3.05) is 0 Å². The predicted molar refractivity (Wildman–Crippen MR) is 111 cm³/mol. The van der Waals surface area contributed by atoms with Gasteiger partial charge in [0.25, 0.3) is 22.9 Å². The molecule has 1 radical (unpaired) electrons. The molecule has 24 nitrogen and oxygen atoms in total. The summed E-state index contributed by atoms with van der Waals surface area (Å²) in [5.41, 5.74) is -6.00. The van der Waals surface area contributed by atoms with Crippen molar-refractivity contribution in [3.05, 3.63) is 85.0 Å². The molecule has 0 aliphatic rings. The van der Waals surface area contributed by atoms with Crippen molar-refractivity contribution >= 4 is 34.1 Å². The van der Waals surface area contributed by atoms with E-state index in [2.05, 4.69) is 0 Å². The Labute approximate surface area is 210 Å². The number of benzene rings is 2. The van der Waals surface area contributed by atoms with Crippen LogP contribution < -0.4 is 0 Å². The summed E-state index contributed by atoms with van der Waals surface area (Å²) < 4.78 is 0. The van der Waals surface area contributed by atoms with Crippen LogP contribution in [0.3, 0.4) is 0 Å². The number of non-ortho nitro benzene ring substituents is 2. The standard InChI is InChI=1S/2C6H3N3O7.Cu.4H2O/c2*10-6-4(8(13)14)1-3(7(11)12)2-5(6)9(15)16;;;;;/h2*1-2,10H;;4*1H2. The van der Waals surface area contributed by atoms with Crippen molar-refractivity contribution < 1.29 is 78.7 Å². The fraction of sp³-hybridized carbons (Fsp3) is 0. The van der Waals surface area contributed by atoms with Gasteiger partial charge in [0.1, 0.15) is 0 Å². The largest absolute Gasteiger partial charge is 0.497 e. The van der Waals surface area contributed by atoms with Crippen LogP contribution in [0.2, 0.25) is 0 Å². The van der Waals surface area contributed by atoms with Gasteiger partial charge < -0.3 is 32.1 Å². The van der Waals surface area contributed by atoms with E-state index < -0.39 is 75.2 Å². The van der Waals surface area contributed by atoms with E-state index in [4.69, 9.17) is 10.2 Å². The molecule has 0 spiro atoms. The first-order chi connectivity index (χ1) is 14.7. The number of hydrogen-bond donors (Lipinski definition) is 2. The van der Waals surface area contributed by atoms with Gasteiger partial charge in [-0.2, -0.15) is 0 Å². The van der Waals surface area contributed by atoms with Crippen molar-refractivity contribution in [1.29, 1.82) is 0 Å². The maximum absolute atomic E-state index is 10.4. The second kappa shape index (κ2) is 16.4. The van der Waals surface area contributed by atoms with E-state index in [9.17, 15) is 60.7 Å². The van der Waals surface area contributed by atoms with Gasteiger partial charge in [-0.25, -0.2) is 0 Å². The third-order valence-electron chi connectivity index (χ3n) is 3.32. The Morgan fingerprint density at radius 2 is 0.595 bits per heavy atom. The van der Waals surface area contributed by atoms with Gasteiger partial charge in [0.05, 0.1) is 53.8 Å². The molecule has 0 saturated carbocycles. The number of nitro groups is 6. The first-order valence-corrected chi connectivity index (χ1v) is 7.29. The van der Waals surface area contributed by atoms with Crippen LogP contribution in [-0.4, -0.2) is 61.7 Å². The molecule has 0 amide bonds. The molecule has 0 aliphatic carbocycles. The SMILES string of the molecule is O.O.O.O.O=[N+]([O-])c1cc([N+](=O)[O-])c(O)c([N+](=O)[O-])c1.O=[N+]([O-])c1cc([N+](=O)[O-])c(O)c([N+](=O)[O-])c1.[Cu]. The number of aromatic hydroxyl groups is 2. The first-order valence-electron chi connectivity index (χ1n) is 7.29. The van der Waals surface area contributed by atoms with E-state index in [0.29, 0.717) is 24.3 Å². The molecule has 37 heavy (non-hydrogen) atoms. The Bertz CT molecular complexity index is 1030. The molecule has 0 aliphatic heterocycles. The van der Waals surface area contributed by atoms with Crippen LogP contribution in [0.4, 0.5) is 34.1 Å². The van der Waals surface area contributed by atoms with Gasteiger partial charge in [0, 0.05) is 17.1 Å². The van der Waals surface area contributed by atoms with Gasteiger partial charge in [-0.15, -0.1) is 0 Å². The maximum atomic E-state index is 10.4. The van der Waals surface area contributed by atoms with Gasteiger partial charge in [0.15, 0.2) is 0 Å². The summed E-state index contributed by atoms with van der Waals surface area (Å²) in [6.07, 6.45) is 0. The topological polar surface area (TPSA) is 425 Å². The predicted octanol–water partition coefficient (Wildman–Crippen LogP) is -1.07. The van der Waals surface area contributed by atoms with Crippen LogP contribution in [0.1, 0.15) is 0 Å². The van der Waals surface area contributed by atoms with Gasteiger partial charge >= 0.3 is 22.7 Å². The van der Waals surface area contributed by atoms with Crippen LogP contribution in [0.15, 0.2) is 24.3 Å². The van der Waals surface area contributed by atoms with Gasteiger partial charge in [-0.1, -0.05) is 0 Å². The average Bonchev–Trinajstić information content (AvgIpc) is 2.67. The zero-order valence-corrected chi connectivity index (χ0v) is 18.0. The molecule has 2 aromatic rings. The number of nitrogens with zero attached hydrogens (tertiary/aromatic N) is 6. The molecule has 0 fully saturated rings. The molecule has 0 heterocycles. The molecule has 2 rings (SSSR count). The van der Waals surface area contributed by atoms with Gasteiger partial charge in [-0.05, 0) is 0 Å². The molecule has 25 heteroatoms. The zero-order chi connectivity index (χ0) is 24.9. The average molecular weight is 594 g/mol. The van der Waals surface area contributed by atoms with Crippen LogP contribution in [0.25, 0.3) is 0 Å². The van der Waals surface area contributed by atoms with Gasteiger partial charge in [-0.3, -0.25) is 60.7 Å². The smallest absolute Gasteiger partial charge is 0.324 e. The van der Waals surface area contributed by atoms with E-state index >= 15 is 0 Å². The molecule has 211 valence electrons. The summed E-state index contributed by atoms with van der Waals surface area (Å²) in [6.45, 7) is 0. The van der Waals surface area contributed by atoms with Crippen LogP contribution in [0.5, 0.6) is 11.5 Å². The summed E-state index contributed by atoms with van der Waals surface area (Å²) in [6, 6.07) is 1.79. The first kappa shape index (κ1) is 42.0. The molecular formula is C12H14CuN6O18. The van der Waals surface area contributed by atoms with Crippen LogP contribution in [0, 0.1) is 60.7 Å². The minimum atomic E-state index is -1.21. The number of hydrogen-bond acceptors (Lipinski definition) is 14. The monoisotopic (exact) mass is 593 g/mol. The Morgan fingerprint density at radius 3 is 0.703 bits per heavy atom. The second-order valence-electron chi connectivity index (χ2n) is 5.21. The molecule has 0 atom stereocenters. The fourth-order valence-corrected chi connectivity index (χ4v) is 1.95. The summed E-state index contributed by atoms with van der Waals surface area (Å²) in [5.74, 6) is -2.42. The Balaban J connectivity index is -0.000000163. The quantitative estimate of drug-likeness (QED) is 0.229. The maximum Gasteiger partial charge on any atom is 0.324 e. The number of nitro benzene ring substituents is 6.